The summed E-state index contributed by atoms with van der Waals surface area (Å²) in [5.41, 5.74) is 1.35. The van der Waals surface area contributed by atoms with Gasteiger partial charge in [0, 0.05) is 24.2 Å². The van der Waals surface area contributed by atoms with Crippen LogP contribution in [0.25, 0.3) is 0 Å². The standard InChI is InChI=1S/C10H16N2S/c1-11-10(8-13-2)7-9-3-5-12-6-4-9/h3-6,10-11H,7-8H2,1-2H3. The van der Waals surface area contributed by atoms with Gasteiger partial charge in [0.2, 0.25) is 0 Å². The molecule has 0 amide bonds. The summed E-state index contributed by atoms with van der Waals surface area (Å²) in [6.07, 6.45) is 6.92. The van der Waals surface area contributed by atoms with Gasteiger partial charge in [-0.2, -0.15) is 11.8 Å². The number of rotatable bonds is 5. The average molecular weight is 196 g/mol. The van der Waals surface area contributed by atoms with Crippen molar-refractivity contribution in [1.29, 1.82) is 0 Å². The Balaban J connectivity index is 2.46. The van der Waals surface area contributed by atoms with Crippen LogP contribution in [-0.2, 0) is 6.42 Å². The second-order valence-corrected chi connectivity index (χ2v) is 3.91. The maximum atomic E-state index is 4.00. The van der Waals surface area contributed by atoms with Gasteiger partial charge in [-0.3, -0.25) is 4.98 Å². The predicted molar refractivity (Wildman–Crippen MR) is 59.2 cm³/mol. The first-order chi connectivity index (χ1) is 6.36. The van der Waals surface area contributed by atoms with E-state index in [9.17, 15) is 0 Å². The average Bonchev–Trinajstić information content (AvgIpc) is 2.19. The summed E-state index contributed by atoms with van der Waals surface area (Å²) >= 11 is 1.88. The van der Waals surface area contributed by atoms with Crippen LogP contribution in [0.4, 0.5) is 0 Å². The molecule has 2 nitrogen and oxygen atoms in total. The predicted octanol–water partition coefficient (Wildman–Crippen LogP) is 1.58. The lowest BCUT2D eigenvalue weighted by Gasteiger charge is -2.14. The molecule has 0 bridgehead atoms. The van der Waals surface area contributed by atoms with Crippen LogP contribution in [0.15, 0.2) is 24.5 Å². The van der Waals surface area contributed by atoms with E-state index in [1.807, 2.05) is 31.2 Å². The van der Waals surface area contributed by atoms with Crippen molar-refractivity contribution in [2.24, 2.45) is 0 Å². The van der Waals surface area contributed by atoms with Gasteiger partial charge in [-0.1, -0.05) is 0 Å². The highest BCUT2D eigenvalue weighted by molar-refractivity contribution is 7.98. The number of hydrogen-bond donors (Lipinski definition) is 1. The first-order valence-electron chi connectivity index (χ1n) is 4.42. The molecule has 1 atom stereocenters. The van der Waals surface area contributed by atoms with Crippen LogP contribution in [0.1, 0.15) is 5.56 Å². The fraction of sp³-hybridized carbons (Fsp3) is 0.500. The molecule has 0 saturated carbocycles. The van der Waals surface area contributed by atoms with Crippen LogP contribution < -0.4 is 5.32 Å². The minimum absolute atomic E-state index is 0.567. The monoisotopic (exact) mass is 196 g/mol. The molecule has 0 saturated heterocycles. The zero-order chi connectivity index (χ0) is 9.52. The quantitative estimate of drug-likeness (QED) is 0.774. The van der Waals surface area contributed by atoms with E-state index in [1.165, 1.54) is 5.56 Å². The smallest absolute Gasteiger partial charge is 0.0270 e. The molecule has 1 aromatic rings. The van der Waals surface area contributed by atoms with Gasteiger partial charge < -0.3 is 5.32 Å². The Kier molecular flexibility index (Phi) is 4.86. The Bertz CT molecular complexity index is 226. The van der Waals surface area contributed by atoms with Crippen molar-refractivity contribution in [3.05, 3.63) is 30.1 Å². The van der Waals surface area contributed by atoms with E-state index < -0.39 is 0 Å². The molecule has 3 heteroatoms. The summed E-state index contributed by atoms with van der Waals surface area (Å²) in [6.45, 7) is 0. The second-order valence-electron chi connectivity index (χ2n) is 3.00. The Morgan fingerprint density at radius 2 is 2.15 bits per heavy atom. The van der Waals surface area contributed by atoms with E-state index in [4.69, 9.17) is 0 Å². The van der Waals surface area contributed by atoms with Gasteiger partial charge in [-0.05, 0) is 37.4 Å². The highest BCUT2D eigenvalue weighted by atomic mass is 32.2. The fourth-order valence-corrected chi connectivity index (χ4v) is 1.94. The van der Waals surface area contributed by atoms with Crippen molar-refractivity contribution >= 4 is 11.8 Å². The van der Waals surface area contributed by atoms with E-state index >= 15 is 0 Å². The molecule has 1 unspecified atom stereocenters. The van der Waals surface area contributed by atoms with Crippen molar-refractivity contribution in [3.63, 3.8) is 0 Å². The molecule has 1 rings (SSSR count). The van der Waals surface area contributed by atoms with Crippen molar-refractivity contribution in [3.8, 4) is 0 Å². The molecule has 0 radical (unpaired) electrons. The Morgan fingerprint density at radius 3 is 2.69 bits per heavy atom. The van der Waals surface area contributed by atoms with Crippen LogP contribution in [0.2, 0.25) is 0 Å². The van der Waals surface area contributed by atoms with Crippen molar-refractivity contribution < 1.29 is 0 Å². The minimum Gasteiger partial charge on any atom is -0.316 e. The topological polar surface area (TPSA) is 24.9 Å². The van der Waals surface area contributed by atoms with Gasteiger partial charge in [0.25, 0.3) is 0 Å². The lowest BCUT2D eigenvalue weighted by molar-refractivity contribution is 0.617. The highest BCUT2D eigenvalue weighted by Gasteiger charge is 2.05. The molecule has 0 aliphatic carbocycles. The third kappa shape index (κ3) is 3.79. The second kappa shape index (κ2) is 6.00. The normalized spacial score (nSPS) is 12.8. The van der Waals surface area contributed by atoms with Gasteiger partial charge in [0.1, 0.15) is 0 Å². The maximum absolute atomic E-state index is 4.00. The lowest BCUT2D eigenvalue weighted by atomic mass is 10.1. The molecule has 0 aromatic carbocycles. The van der Waals surface area contributed by atoms with Gasteiger partial charge >= 0.3 is 0 Å². The van der Waals surface area contributed by atoms with Crippen LogP contribution in [0.5, 0.6) is 0 Å². The third-order valence-corrected chi connectivity index (χ3v) is 2.74. The molecular formula is C10H16N2S. The molecule has 0 aliphatic heterocycles. The zero-order valence-electron chi connectivity index (χ0n) is 8.16. The number of hydrogen-bond acceptors (Lipinski definition) is 3. The molecule has 1 N–H and O–H groups in total. The fourth-order valence-electron chi connectivity index (χ4n) is 1.25. The van der Waals surface area contributed by atoms with Gasteiger partial charge in [-0.15, -0.1) is 0 Å². The SMILES string of the molecule is CNC(CSC)Cc1ccncc1. The van der Waals surface area contributed by atoms with Crippen LogP contribution in [0, 0.1) is 0 Å². The van der Waals surface area contributed by atoms with Gasteiger partial charge in [-0.25, -0.2) is 0 Å². The van der Waals surface area contributed by atoms with E-state index in [0.29, 0.717) is 6.04 Å². The largest absolute Gasteiger partial charge is 0.316 e. The molecular weight excluding hydrogens is 180 g/mol. The summed E-state index contributed by atoms with van der Waals surface area (Å²) in [4.78, 5) is 4.00. The Hall–Kier alpha value is -0.540. The van der Waals surface area contributed by atoms with Gasteiger partial charge in [0.15, 0.2) is 0 Å². The molecule has 0 spiro atoms. The third-order valence-electron chi connectivity index (χ3n) is 2.01. The van der Waals surface area contributed by atoms with Crippen LogP contribution in [0.3, 0.4) is 0 Å². The molecule has 13 heavy (non-hydrogen) atoms. The zero-order valence-corrected chi connectivity index (χ0v) is 8.97. The van der Waals surface area contributed by atoms with Crippen LogP contribution in [-0.4, -0.2) is 30.1 Å². The summed E-state index contributed by atoms with van der Waals surface area (Å²) in [5, 5.41) is 3.31. The number of likely N-dealkylation sites (N-methyl/N-ethyl adjacent to an activating group) is 1. The molecule has 1 aromatic heterocycles. The first-order valence-corrected chi connectivity index (χ1v) is 5.81. The Labute approximate surface area is 84.1 Å². The summed E-state index contributed by atoms with van der Waals surface area (Å²) in [6, 6.07) is 4.72. The van der Waals surface area contributed by atoms with E-state index in [-0.39, 0.29) is 0 Å². The highest BCUT2D eigenvalue weighted by Crippen LogP contribution is 2.05. The number of pyridine rings is 1. The summed E-state index contributed by atoms with van der Waals surface area (Å²) in [7, 11) is 2.02. The van der Waals surface area contributed by atoms with E-state index in [1.54, 1.807) is 0 Å². The molecule has 72 valence electrons. The van der Waals surface area contributed by atoms with Crippen molar-refractivity contribution in [2.75, 3.05) is 19.1 Å². The number of thioether (sulfide) groups is 1. The van der Waals surface area contributed by atoms with Crippen molar-refractivity contribution in [1.82, 2.24) is 10.3 Å². The number of nitrogens with zero attached hydrogens (tertiary/aromatic N) is 1. The lowest BCUT2D eigenvalue weighted by Crippen LogP contribution is -2.29. The molecule has 0 fully saturated rings. The molecule has 1 heterocycles. The van der Waals surface area contributed by atoms with E-state index in [2.05, 4.69) is 28.7 Å². The van der Waals surface area contributed by atoms with E-state index in [0.717, 1.165) is 12.2 Å². The summed E-state index contributed by atoms with van der Waals surface area (Å²) < 4.78 is 0. The number of aromatic nitrogens is 1. The van der Waals surface area contributed by atoms with Crippen LogP contribution >= 0.6 is 11.8 Å². The summed E-state index contributed by atoms with van der Waals surface area (Å²) in [5.74, 6) is 1.15. The molecule has 0 aliphatic rings. The Morgan fingerprint density at radius 1 is 1.46 bits per heavy atom. The maximum Gasteiger partial charge on any atom is 0.0270 e. The minimum atomic E-state index is 0.567. The van der Waals surface area contributed by atoms with Gasteiger partial charge in [0.05, 0.1) is 0 Å². The first kappa shape index (κ1) is 10.5. The number of nitrogens with one attached hydrogen (secondary N) is 1. The van der Waals surface area contributed by atoms with Crippen molar-refractivity contribution in [2.45, 2.75) is 12.5 Å².